The number of hydrogen-bond acceptors (Lipinski definition) is 7. The van der Waals surface area contributed by atoms with Gasteiger partial charge in [0.1, 0.15) is 6.17 Å². The van der Waals surface area contributed by atoms with E-state index in [1.807, 2.05) is 35.3 Å². The van der Waals surface area contributed by atoms with Crippen molar-refractivity contribution in [1.82, 2.24) is 9.58 Å². The van der Waals surface area contributed by atoms with Crippen molar-refractivity contribution in [1.29, 1.82) is 0 Å². The second-order valence-electron chi connectivity index (χ2n) is 8.77. The lowest BCUT2D eigenvalue weighted by molar-refractivity contribution is -0.132. The Labute approximate surface area is 216 Å². The van der Waals surface area contributed by atoms with Crippen molar-refractivity contribution < 1.29 is 19.1 Å². The van der Waals surface area contributed by atoms with Gasteiger partial charge in [0.05, 0.1) is 19.3 Å². The van der Waals surface area contributed by atoms with E-state index < -0.39 is 17.6 Å². The van der Waals surface area contributed by atoms with E-state index in [0.717, 1.165) is 21.6 Å². The quantitative estimate of drug-likeness (QED) is 0.475. The molecule has 0 radical (unpaired) electrons. The molecular weight excluding hydrogens is 502 g/mol. The smallest absolute Gasteiger partial charge is 0.308 e. The number of hydrogen-bond donors (Lipinski definition) is 0. The van der Waals surface area contributed by atoms with Crippen molar-refractivity contribution in [2.24, 2.45) is 0 Å². The Bertz CT molecular complexity index is 1460. The molecule has 2 aromatic carbocycles. The summed E-state index contributed by atoms with van der Waals surface area (Å²) < 4.78 is 12.8. The molecule has 0 unspecified atom stereocenters. The van der Waals surface area contributed by atoms with Gasteiger partial charge in [0.2, 0.25) is 11.2 Å². The van der Waals surface area contributed by atoms with Gasteiger partial charge in [-0.15, -0.1) is 11.8 Å². The highest BCUT2D eigenvalue weighted by Gasteiger charge is 2.46. The van der Waals surface area contributed by atoms with Crippen LogP contribution in [-0.2, 0) is 15.3 Å². The van der Waals surface area contributed by atoms with Gasteiger partial charge in [-0.1, -0.05) is 41.9 Å². The molecule has 0 bridgehead atoms. The van der Waals surface area contributed by atoms with Crippen LogP contribution in [0.3, 0.4) is 0 Å². The van der Waals surface area contributed by atoms with Gasteiger partial charge in [-0.05, 0) is 28.8 Å². The number of morpholine rings is 1. The first-order chi connectivity index (χ1) is 17.5. The zero-order valence-electron chi connectivity index (χ0n) is 19.3. The zero-order chi connectivity index (χ0) is 25.0. The summed E-state index contributed by atoms with van der Waals surface area (Å²) >= 11 is 8.41. The number of benzene rings is 2. The van der Waals surface area contributed by atoms with Crippen molar-refractivity contribution >= 4 is 35.2 Å². The maximum absolute atomic E-state index is 13.7. The first-order valence-corrected chi connectivity index (χ1v) is 12.9. The Morgan fingerprint density at radius 3 is 2.75 bits per heavy atom. The summed E-state index contributed by atoms with van der Waals surface area (Å²) in [6.45, 7) is 2.20. The van der Waals surface area contributed by atoms with Crippen LogP contribution in [-0.4, -0.2) is 47.4 Å². The fourth-order valence-electron chi connectivity index (χ4n) is 5.19. The normalized spacial score (nSPS) is 20.6. The number of carbonyl (C=O) groups excluding carboxylic acids is 2. The van der Waals surface area contributed by atoms with Crippen LogP contribution in [0.2, 0.25) is 5.02 Å². The van der Waals surface area contributed by atoms with E-state index >= 15 is 0 Å². The third-order valence-corrected chi connectivity index (χ3v) is 8.17. The van der Waals surface area contributed by atoms with Gasteiger partial charge in [-0.2, -0.15) is 0 Å². The number of ether oxygens (including phenoxy) is 2. The van der Waals surface area contributed by atoms with E-state index in [-0.39, 0.29) is 30.0 Å². The second-order valence-corrected chi connectivity index (χ2v) is 10.2. The lowest BCUT2D eigenvalue weighted by Crippen LogP contribution is -2.66. The minimum Gasteiger partial charge on any atom is -0.420 e. The van der Waals surface area contributed by atoms with Crippen LogP contribution in [0.5, 0.6) is 5.75 Å². The predicted octanol–water partition coefficient (Wildman–Crippen LogP) is 3.57. The standard InChI is InChI=1S/C26H22ClN3O5S/c1-15(31)35-25-20(32)9-10-29-24(25)26(33)28-11-12-34-13-22(28)30(29)23-16-6-4-7-19(27)18(16)14-36-21-8-3-2-5-17(21)23/h2-10,22-23H,11-14H2,1H3/t22-,23+/m1/s1. The molecule has 36 heavy (non-hydrogen) atoms. The minimum atomic E-state index is -0.669. The highest BCUT2D eigenvalue weighted by Crippen LogP contribution is 2.45. The molecule has 3 aliphatic heterocycles. The number of amides is 1. The molecule has 1 saturated heterocycles. The van der Waals surface area contributed by atoms with E-state index in [1.54, 1.807) is 27.5 Å². The number of pyridine rings is 1. The molecule has 3 aliphatic rings. The molecule has 4 heterocycles. The number of rotatable bonds is 2. The monoisotopic (exact) mass is 523 g/mol. The van der Waals surface area contributed by atoms with Crippen LogP contribution in [0.4, 0.5) is 0 Å². The SMILES string of the molecule is CC(=O)Oc1c2n(ccc1=O)N([C@@H]1c3ccccc3SCc3c(Cl)cccc31)[C@@H]1COCCN1C2=O. The molecule has 184 valence electrons. The third-order valence-electron chi connectivity index (χ3n) is 6.70. The summed E-state index contributed by atoms with van der Waals surface area (Å²) in [5.74, 6) is -0.628. The number of nitrogens with zero attached hydrogens (tertiary/aromatic N) is 3. The maximum atomic E-state index is 13.7. The second kappa shape index (κ2) is 8.99. The van der Waals surface area contributed by atoms with E-state index in [2.05, 4.69) is 12.1 Å². The summed E-state index contributed by atoms with van der Waals surface area (Å²) in [6, 6.07) is 14.9. The molecule has 6 rings (SSSR count). The van der Waals surface area contributed by atoms with Gasteiger partial charge in [0, 0.05) is 41.4 Å². The third kappa shape index (κ3) is 3.61. The summed E-state index contributed by atoms with van der Waals surface area (Å²) in [5, 5.41) is 2.71. The molecular formula is C26H22ClN3O5S. The Kier molecular flexibility index (Phi) is 5.78. The fourth-order valence-corrected chi connectivity index (χ4v) is 6.66. The molecule has 10 heteroatoms. The van der Waals surface area contributed by atoms with Gasteiger partial charge >= 0.3 is 5.97 Å². The Balaban J connectivity index is 1.66. The van der Waals surface area contributed by atoms with Crippen LogP contribution in [0.1, 0.15) is 40.1 Å². The van der Waals surface area contributed by atoms with Crippen molar-refractivity contribution in [3.05, 3.63) is 92.4 Å². The van der Waals surface area contributed by atoms with Gasteiger partial charge in [0.25, 0.3) is 5.91 Å². The number of aromatic nitrogens is 1. The molecule has 1 fully saturated rings. The molecule has 8 nitrogen and oxygen atoms in total. The Morgan fingerprint density at radius 2 is 1.92 bits per heavy atom. The van der Waals surface area contributed by atoms with Crippen molar-refractivity contribution in [2.75, 3.05) is 24.8 Å². The summed E-state index contributed by atoms with van der Waals surface area (Å²) in [5.41, 5.74) is 2.54. The first kappa shape index (κ1) is 23.1. The molecule has 3 aromatic rings. The molecule has 1 aromatic heterocycles. The topological polar surface area (TPSA) is 81.1 Å². The fraction of sp³-hybridized carbons (Fsp3) is 0.269. The molecule has 0 N–H and O–H groups in total. The van der Waals surface area contributed by atoms with Crippen LogP contribution >= 0.6 is 23.4 Å². The van der Waals surface area contributed by atoms with E-state index in [0.29, 0.717) is 23.9 Å². The number of thioether (sulfide) groups is 1. The molecule has 0 aliphatic carbocycles. The average molecular weight is 524 g/mol. The van der Waals surface area contributed by atoms with Crippen molar-refractivity contribution in [3.8, 4) is 5.75 Å². The zero-order valence-corrected chi connectivity index (χ0v) is 20.9. The molecule has 2 atom stereocenters. The van der Waals surface area contributed by atoms with Crippen LogP contribution in [0.15, 0.2) is 64.4 Å². The number of fused-ring (bicyclic) bond motifs is 4. The summed E-state index contributed by atoms with van der Waals surface area (Å²) in [6.07, 6.45) is 1.11. The molecule has 0 saturated carbocycles. The number of esters is 1. The average Bonchev–Trinajstić information content (AvgIpc) is 3.04. The Morgan fingerprint density at radius 1 is 1.11 bits per heavy atom. The molecule has 0 spiro atoms. The lowest BCUT2D eigenvalue weighted by atomic mass is 9.93. The maximum Gasteiger partial charge on any atom is 0.308 e. The first-order valence-electron chi connectivity index (χ1n) is 11.6. The lowest BCUT2D eigenvalue weighted by Gasteiger charge is -2.51. The van der Waals surface area contributed by atoms with Gasteiger partial charge in [-0.3, -0.25) is 24.1 Å². The predicted molar refractivity (Wildman–Crippen MR) is 135 cm³/mol. The largest absolute Gasteiger partial charge is 0.420 e. The van der Waals surface area contributed by atoms with Gasteiger partial charge < -0.3 is 14.4 Å². The van der Waals surface area contributed by atoms with E-state index in [1.165, 1.54) is 13.0 Å². The van der Waals surface area contributed by atoms with Crippen molar-refractivity contribution in [3.63, 3.8) is 0 Å². The van der Waals surface area contributed by atoms with Crippen LogP contribution < -0.4 is 15.2 Å². The summed E-state index contributed by atoms with van der Waals surface area (Å²) in [7, 11) is 0. The number of halogens is 1. The van der Waals surface area contributed by atoms with Crippen LogP contribution in [0, 0.1) is 0 Å². The highest BCUT2D eigenvalue weighted by molar-refractivity contribution is 7.98. The van der Waals surface area contributed by atoms with E-state index in [9.17, 15) is 14.4 Å². The minimum absolute atomic E-state index is 0.0220. The van der Waals surface area contributed by atoms with Crippen LogP contribution in [0.25, 0.3) is 0 Å². The van der Waals surface area contributed by atoms with Crippen molar-refractivity contribution in [2.45, 2.75) is 29.8 Å². The van der Waals surface area contributed by atoms with Gasteiger partial charge in [0.15, 0.2) is 5.69 Å². The Hall–Kier alpha value is -3.27. The summed E-state index contributed by atoms with van der Waals surface area (Å²) in [4.78, 5) is 41.2. The number of carbonyl (C=O) groups is 2. The molecule has 1 amide bonds. The van der Waals surface area contributed by atoms with Gasteiger partial charge in [-0.25, -0.2) is 0 Å². The van der Waals surface area contributed by atoms with E-state index in [4.69, 9.17) is 21.1 Å². The highest BCUT2D eigenvalue weighted by atomic mass is 35.5.